The molecule has 0 saturated carbocycles. The van der Waals surface area contributed by atoms with Gasteiger partial charge in [-0.05, 0) is 49.2 Å². The fourth-order valence-corrected chi connectivity index (χ4v) is 4.11. The first-order valence-electron chi connectivity index (χ1n) is 11.0. The maximum atomic E-state index is 12.6. The maximum Gasteiger partial charge on any atom is 0.286 e. The summed E-state index contributed by atoms with van der Waals surface area (Å²) in [5.74, 6) is 1.15. The molecule has 1 aromatic heterocycles. The van der Waals surface area contributed by atoms with Gasteiger partial charge in [-0.15, -0.1) is 10.2 Å². The third-order valence-electron chi connectivity index (χ3n) is 5.30. The molecule has 1 fully saturated rings. The zero-order chi connectivity index (χ0) is 24.6. The number of hydrogen-bond acceptors (Lipinski definition) is 9. The SMILES string of the molecule is COc1ccc(OCc2nnc(C(=O)Nc3ccc(C(=O)NC[C@@H]4CCCO4)cc3)s2)cc1OC. The molecule has 1 aliphatic heterocycles. The van der Waals surface area contributed by atoms with E-state index in [1.54, 1.807) is 56.7 Å². The minimum Gasteiger partial charge on any atom is -0.493 e. The van der Waals surface area contributed by atoms with Gasteiger partial charge in [0.2, 0.25) is 5.01 Å². The summed E-state index contributed by atoms with van der Waals surface area (Å²) >= 11 is 1.13. The van der Waals surface area contributed by atoms with Gasteiger partial charge in [-0.1, -0.05) is 11.3 Å². The maximum absolute atomic E-state index is 12.6. The van der Waals surface area contributed by atoms with Gasteiger partial charge in [-0.25, -0.2) is 0 Å². The van der Waals surface area contributed by atoms with Crippen molar-refractivity contribution in [2.75, 3.05) is 32.7 Å². The topological polar surface area (TPSA) is 121 Å². The average Bonchev–Trinajstić information content (AvgIpc) is 3.59. The second-order valence-corrected chi connectivity index (χ2v) is 8.75. The van der Waals surface area contributed by atoms with Gasteiger partial charge in [0.15, 0.2) is 16.5 Å². The number of rotatable bonds is 10. The lowest BCUT2D eigenvalue weighted by Crippen LogP contribution is -2.31. The number of methoxy groups -OCH3 is 2. The smallest absolute Gasteiger partial charge is 0.286 e. The van der Waals surface area contributed by atoms with Crippen LogP contribution in [-0.2, 0) is 11.3 Å². The summed E-state index contributed by atoms with van der Waals surface area (Å²) in [6, 6.07) is 11.8. The summed E-state index contributed by atoms with van der Waals surface area (Å²) in [4.78, 5) is 24.9. The molecule has 0 aliphatic carbocycles. The van der Waals surface area contributed by atoms with E-state index in [2.05, 4.69) is 20.8 Å². The van der Waals surface area contributed by atoms with Crippen LogP contribution < -0.4 is 24.8 Å². The van der Waals surface area contributed by atoms with Gasteiger partial charge in [0.05, 0.1) is 20.3 Å². The number of ether oxygens (including phenoxy) is 4. The highest BCUT2D eigenvalue weighted by Crippen LogP contribution is 2.31. The molecular weight excluding hydrogens is 472 g/mol. The van der Waals surface area contributed by atoms with Crippen LogP contribution in [0, 0.1) is 0 Å². The lowest BCUT2D eigenvalue weighted by Gasteiger charge is -2.11. The number of hydrogen-bond donors (Lipinski definition) is 2. The summed E-state index contributed by atoms with van der Waals surface area (Å²) in [7, 11) is 3.11. The van der Waals surface area contributed by atoms with Gasteiger partial charge < -0.3 is 29.6 Å². The number of anilines is 1. The molecule has 0 unspecified atom stereocenters. The lowest BCUT2D eigenvalue weighted by molar-refractivity contribution is 0.0857. The normalized spacial score (nSPS) is 14.9. The van der Waals surface area contributed by atoms with Crippen molar-refractivity contribution in [3.8, 4) is 17.2 Å². The van der Waals surface area contributed by atoms with E-state index in [1.165, 1.54) is 0 Å². The third-order valence-corrected chi connectivity index (χ3v) is 6.19. The van der Waals surface area contributed by atoms with Crippen molar-refractivity contribution in [1.29, 1.82) is 0 Å². The Morgan fingerprint density at radius 1 is 1.06 bits per heavy atom. The first-order valence-corrected chi connectivity index (χ1v) is 11.9. The quantitative estimate of drug-likeness (QED) is 0.437. The second-order valence-electron chi connectivity index (χ2n) is 7.68. The monoisotopic (exact) mass is 498 g/mol. The molecule has 2 heterocycles. The van der Waals surface area contributed by atoms with E-state index in [9.17, 15) is 9.59 Å². The molecular formula is C24H26N4O6S. The largest absolute Gasteiger partial charge is 0.493 e. The first kappa shape index (κ1) is 24.4. The van der Waals surface area contributed by atoms with Crippen molar-refractivity contribution in [2.45, 2.75) is 25.6 Å². The molecule has 35 heavy (non-hydrogen) atoms. The average molecular weight is 499 g/mol. The molecule has 4 rings (SSSR count). The molecule has 10 nitrogen and oxygen atoms in total. The second kappa shape index (κ2) is 11.6. The Bertz CT molecular complexity index is 1160. The van der Waals surface area contributed by atoms with E-state index in [0.29, 0.717) is 40.1 Å². The Morgan fingerprint density at radius 3 is 2.57 bits per heavy atom. The van der Waals surface area contributed by atoms with Gasteiger partial charge >= 0.3 is 0 Å². The number of carbonyl (C=O) groups is 2. The summed E-state index contributed by atoms with van der Waals surface area (Å²) in [6.07, 6.45) is 2.07. The first-order chi connectivity index (χ1) is 17.1. The van der Waals surface area contributed by atoms with Crippen molar-refractivity contribution in [2.24, 2.45) is 0 Å². The van der Waals surface area contributed by atoms with E-state index in [4.69, 9.17) is 18.9 Å². The Hall–Kier alpha value is -3.70. The van der Waals surface area contributed by atoms with Crippen molar-refractivity contribution in [3.05, 3.63) is 58.0 Å². The molecule has 1 atom stereocenters. The predicted octanol–water partition coefficient (Wildman–Crippen LogP) is 3.30. The minimum absolute atomic E-state index is 0.0822. The number of aromatic nitrogens is 2. The van der Waals surface area contributed by atoms with Gasteiger partial charge in [0, 0.05) is 30.5 Å². The zero-order valence-electron chi connectivity index (χ0n) is 19.4. The number of carbonyl (C=O) groups excluding carboxylic acids is 2. The molecule has 0 bridgehead atoms. The van der Waals surface area contributed by atoms with Crippen LogP contribution in [0.1, 0.15) is 38.0 Å². The van der Waals surface area contributed by atoms with E-state index < -0.39 is 5.91 Å². The molecule has 11 heteroatoms. The number of benzene rings is 2. The van der Waals surface area contributed by atoms with Crippen LogP contribution in [0.3, 0.4) is 0 Å². The van der Waals surface area contributed by atoms with Crippen LogP contribution >= 0.6 is 11.3 Å². The summed E-state index contributed by atoms with van der Waals surface area (Å²) in [6.45, 7) is 1.39. The van der Waals surface area contributed by atoms with Crippen LogP contribution in [0.2, 0.25) is 0 Å². The molecule has 184 valence electrons. The van der Waals surface area contributed by atoms with E-state index >= 15 is 0 Å². The molecule has 3 aromatic rings. The molecule has 0 radical (unpaired) electrons. The molecule has 2 aromatic carbocycles. The molecule has 2 amide bonds. The summed E-state index contributed by atoms with van der Waals surface area (Å²) in [5.41, 5.74) is 1.05. The van der Waals surface area contributed by atoms with Crippen molar-refractivity contribution in [3.63, 3.8) is 0 Å². The Labute approximate surface area is 206 Å². The van der Waals surface area contributed by atoms with Crippen LogP contribution in [0.5, 0.6) is 17.2 Å². The summed E-state index contributed by atoms with van der Waals surface area (Å²) in [5, 5.41) is 14.4. The van der Waals surface area contributed by atoms with Crippen LogP contribution in [0.15, 0.2) is 42.5 Å². The van der Waals surface area contributed by atoms with Gasteiger partial charge in [-0.2, -0.15) is 0 Å². The van der Waals surface area contributed by atoms with Crippen molar-refractivity contribution in [1.82, 2.24) is 15.5 Å². The van der Waals surface area contributed by atoms with E-state index in [0.717, 1.165) is 30.8 Å². The van der Waals surface area contributed by atoms with Crippen LogP contribution in [0.4, 0.5) is 5.69 Å². The zero-order valence-corrected chi connectivity index (χ0v) is 20.2. The Kier molecular flexibility index (Phi) is 8.11. The van der Waals surface area contributed by atoms with Crippen LogP contribution in [0.25, 0.3) is 0 Å². The summed E-state index contributed by atoms with van der Waals surface area (Å²) < 4.78 is 21.7. The van der Waals surface area contributed by atoms with Gasteiger partial charge in [0.25, 0.3) is 11.8 Å². The number of nitrogens with one attached hydrogen (secondary N) is 2. The Morgan fingerprint density at radius 2 is 1.86 bits per heavy atom. The standard InChI is InChI=1S/C24H26N4O6S/c1-31-19-10-9-17(12-20(19)32-2)34-14-21-27-28-24(35-21)23(30)26-16-7-5-15(6-8-16)22(29)25-13-18-4-3-11-33-18/h5-10,12,18H,3-4,11,13-14H2,1-2H3,(H,25,29)(H,26,30)/t18-/m0/s1. The highest BCUT2D eigenvalue weighted by atomic mass is 32.1. The highest BCUT2D eigenvalue weighted by molar-refractivity contribution is 7.13. The predicted molar refractivity (Wildman–Crippen MR) is 129 cm³/mol. The minimum atomic E-state index is -0.393. The lowest BCUT2D eigenvalue weighted by atomic mass is 10.2. The van der Waals surface area contributed by atoms with Crippen molar-refractivity contribution < 1.29 is 28.5 Å². The van der Waals surface area contributed by atoms with Crippen molar-refractivity contribution >= 4 is 28.8 Å². The fourth-order valence-electron chi connectivity index (χ4n) is 3.46. The van der Waals surface area contributed by atoms with E-state index in [-0.39, 0.29) is 23.6 Å². The number of amides is 2. The van der Waals surface area contributed by atoms with Gasteiger partial charge in [0.1, 0.15) is 12.4 Å². The molecule has 1 aliphatic rings. The van der Waals surface area contributed by atoms with Crippen LogP contribution in [-0.4, -0.2) is 55.5 Å². The third kappa shape index (κ3) is 6.46. The van der Waals surface area contributed by atoms with E-state index in [1.807, 2.05) is 0 Å². The number of nitrogens with zero attached hydrogens (tertiary/aromatic N) is 2. The molecule has 2 N–H and O–H groups in total. The molecule has 0 spiro atoms. The Balaban J connectivity index is 1.28. The fraction of sp³-hybridized carbons (Fsp3) is 0.333. The van der Waals surface area contributed by atoms with Gasteiger partial charge in [-0.3, -0.25) is 9.59 Å². The molecule has 1 saturated heterocycles. The highest BCUT2D eigenvalue weighted by Gasteiger charge is 2.17.